The standard InChI is InChI=1S/C23H24N4O/c1-2-5-16(6-3-1)21-15-18(11-14-28-21)25-23-19-7-4-8-20(19)26-22(27-23)17-9-12-24-13-10-17/h1-3,5-6,9-10,12-13,18,21H,4,7-8,11,14-15H2,(H,25,26,27). The highest BCUT2D eigenvalue weighted by atomic mass is 16.5. The second kappa shape index (κ2) is 7.68. The van der Waals surface area contributed by atoms with Gasteiger partial charge in [0, 0.05) is 41.9 Å². The molecule has 5 heteroatoms. The molecule has 2 atom stereocenters. The van der Waals surface area contributed by atoms with E-state index in [4.69, 9.17) is 14.7 Å². The fraction of sp³-hybridized carbons (Fsp3) is 0.348. The summed E-state index contributed by atoms with van der Waals surface area (Å²) < 4.78 is 6.04. The Morgan fingerprint density at radius 3 is 2.68 bits per heavy atom. The van der Waals surface area contributed by atoms with Gasteiger partial charge in [0.05, 0.1) is 6.10 Å². The molecule has 2 aromatic heterocycles. The summed E-state index contributed by atoms with van der Waals surface area (Å²) in [6, 6.07) is 14.8. The summed E-state index contributed by atoms with van der Waals surface area (Å²) in [5, 5.41) is 3.74. The van der Waals surface area contributed by atoms with Gasteiger partial charge < -0.3 is 10.1 Å². The number of rotatable bonds is 4. The number of anilines is 1. The molecular formula is C23H24N4O. The van der Waals surface area contributed by atoms with Crippen LogP contribution in [0.3, 0.4) is 0 Å². The van der Waals surface area contributed by atoms with Gasteiger partial charge in [-0.15, -0.1) is 0 Å². The average Bonchev–Trinajstić information content (AvgIpc) is 3.24. The van der Waals surface area contributed by atoms with Crippen LogP contribution in [0, 0.1) is 0 Å². The molecule has 0 spiro atoms. The van der Waals surface area contributed by atoms with Gasteiger partial charge in [-0.25, -0.2) is 9.97 Å². The van der Waals surface area contributed by atoms with E-state index in [9.17, 15) is 0 Å². The Kier molecular flexibility index (Phi) is 4.75. The number of nitrogens with zero attached hydrogens (tertiary/aromatic N) is 3. The minimum absolute atomic E-state index is 0.141. The van der Waals surface area contributed by atoms with E-state index < -0.39 is 0 Å². The van der Waals surface area contributed by atoms with E-state index in [2.05, 4.69) is 34.6 Å². The van der Waals surface area contributed by atoms with Crippen LogP contribution in [0.5, 0.6) is 0 Å². The van der Waals surface area contributed by atoms with Crippen molar-refractivity contribution in [2.45, 2.75) is 44.2 Å². The number of pyridine rings is 1. The number of ether oxygens (including phenoxy) is 1. The van der Waals surface area contributed by atoms with Gasteiger partial charge in [0.25, 0.3) is 0 Å². The molecule has 1 saturated heterocycles. The number of nitrogens with one attached hydrogen (secondary N) is 1. The highest BCUT2D eigenvalue weighted by Gasteiger charge is 2.26. The van der Waals surface area contributed by atoms with Crippen molar-refractivity contribution in [1.82, 2.24) is 15.0 Å². The van der Waals surface area contributed by atoms with Crippen molar-refractivity contribution in [3.8, 4) is 11.4 Å². The molecule has 1 aliphatic heterocycles. The van der Waals surface area contributed by atoms with E-state index in [0.717, 1.165) is 55.9 Å². The van der Waals surface area contributed by atoms with Crippen LogP contribution in [0.4, 0.5) is 5.82 Å². The van der Waals surface area contributed by atoms with E-state index in [0.29, 0.717) is 6.04 Å². The summed E-state index contributed by atoms with van der Waals surface area (Å²) in [4.78, 5) is 13.9. The predicted octanol–water partition coefficient (Wildman–Crippen LogP) is 4.36. The molecule has 2 aliphatic rings. The van der Waals surface area contributed by atoms with Gasteiger partial charge in [-0.2, -0.15) is 0 Å². The maximum Gasteiger partial charge on any atom is 0.161 e. The maximum atomic E-state index is 6.04. The summed E-state index contributed by atoms with van der Waals surface area (Å²) in [5.74, 6) is 1.80. The third-order valence-corrected chi connectivity index (χ3v) is 5.67. The van der Waals surface area contributed by atoms with Crippen molar-refractivity contribution in [2.24, 2.45) is 0 Å². The summed E-state index contributed by atoms with van der Waals surface area (Å²) in [7, 11) is 0. The van der Waals surface area contributed by atoms with E-state index >= 15 is 0 Å². The van der Waals surface area contributed by atoms with Crippen molar-refractivity contribution in [1.29, 1.82) is 0 Å². The van der Waals surface area contributed by atoms with Gasteiger partial charge in [0.1, 0.15) is 5.82 Å². The second-order valence-corrected chi connectivity index (χ2v) is 7.55. The molecule has 142 valence electrons. The van der Waals surface area contributed by atoms with E-state index in [1.807, 2.05) is 18.2 Å². The number of fused-ring (bicyclic) bond motifs is 1. The molecule has 3 aromatic rings. The molecule has 1 aliphatic carbocycles. The molecule has 1 N–H and O–H groups in total. The van der Waals surface area contributed by atoms with Crippen LogP contribution in [0.1, 0.15) is 42.2 Å². The molecule has 0 saturated carbocycles. The highest BCUT2D eigenvalue weighted by Crippen LogP contribution is 2.33. The molecule has 2 unspecified atom stereocenters. The summed E-state index contributed by atoms with van der Waals surface area (Å²) in [5.41, 5.74) is 4.75. The monoisotopic (exact) mass is 372 g/mol. The molecule has 0 radical (unpaired) electrons. The fourth-order valence-electron chi connectivity index (χ4n) is 4.20. The van der Waals surface area contributed by atoms with Crippen LogP contribution in [0.25, 0.3) is 11.4 Å². The largest absolute Gasteiger partial charge is 0.373 e. The topological polar surface area (TPSA) is 59.9 Å². The van der Waals surface area contributed by atoms with Gasteiger partial charge >= 0.3 is 0 Å². The third kappa shape index (κ3) is 3.50. The third-order valence-electron chi connectivity index (χ3n) is 5.67. The van der Waals surface area contributed by atoms with Crippen molar-refractivity contribution in [3.05, 3.63) is 71.7 Å². The van der Waals surface area contributed by atoms with E-state index in [-0.39, 0.29) is 6.10 Å². The Morgan fingerprint density at radius 2 is 1.82 bits per heavy atom. The number of benzene rings is 1. The average molecular weight is 372 g/mol. The summed E-state index contributed by atoms with van der Waals surface area (Å²) in [6.45, 7) is 0.766. The first-order valence-corrected chi connectivity index (χ1v) is 10.1. The van der Waals surface area contributed by atoms with Gasteiger partial charge in [-0.1, -0.05) is 30.3 Å². The number of aromatic nitrogens is 3. The van der Waals surface area contributed by atoms with E-state index in [1.54, 1.807) is 12.4 Å². The van der Waals surface area contributed by atoms with Gasteiger partial charge in [0.15, 0.2) is 5.82 Å². The molecular weight excluding hydrogens is 348 g/mol. The lowest BCUT2D eigenvalue weighted by Gasteiger charge is -2.31. The highest BCUT2D eigenvalue weighted by molar-refractivity contribution is 5.60. The second-order valence-electron chi connectivity index (χ2n) is 7.55. The quantitative estimate of drug-likeness (QED) is 0.737. The molecule has 3 heterocycles. The van der Waals surface area contributed by atoms with Crippen LogP contribution in [-0.2, 0) is 17.6 Å². The van der Waals surface area contributed by atoms with Crippen LogP contribution in [0.15, 0.2) is 54.9 Å². The molecule has 5 nitrogen and oxygen atoms in total. The lowest BCUT2D eigenvalue weighted by Crippen LogP contribution is -2.31. The molecule has 28 heavy (non-hydrogen) atoms. The van der Waals surface area contributed by atoms with Crippen molar-refractivity contribution in [3.63, 3.8) is 0 Å². The fourth-order valence-corrected chi connectivity index (χ4v) is 4.20. The van der Waals surface area contributed by atoms with Crippen LogP contribution >= 0.6 is 0 Å². The molecule has 1 fully saturated rings. The van der Waals surface area contributed by atoms with Crippen LogP contribution < -0.4 is 5.32 Å². The molecule has 1 aromatic carbocycles. The van der Waals surface area contributed by atoms with Crippen molar-refractivity contribution in [2.75, 3.05) is 11.9 Å². The molecule has 0 amide bonds. The Morgan fingerprint density at radius 1 is 0.964 bits per heavy atom. The normalized spacial score (nSPS) is 21.3. The van der Waals surface area contributed by atoms with Crippen LogP contribution in [0.2, 0.25) is 0 Å². The number of hydrogen-bond donors (Lipinski definition) is 1. The first kappa shape index (κ1) is 17.3. The van der Waals surface area contributed by atoms with E-state index in [1.165, 1.54) is 16.8 Å². The molecule has 5 rings (SSSR count). The summed E-state index contributed by atoms with van der Waals surface area (Å²) >= 11 is 0. The SMILES string of the molecule is c1ccc(C2CC(Nc3nc(-c4ccncc4)nc4c3CCC4)CCO2)cc1. The van der Waals surface area contributed by atoms with Gasteiger partial charge in [0.2, 0.25) is 0 Å². The molecule has 0 bridgehead atoms. The maximum absolute atomic E-state index is 6.04. The summed E-state index contributed by atoms with van der Waals surface area (Å²) in [6.07, 6.45) is 8.91. The predicted molar refractivity (Wildman–Crippen MR) is 109 cm³/mol. The number of hydrogen-bond acceptors (Lipinski definition) is 5. The minimum Gasteiger partial charge on any atom is -0.373 e. The Balaban J connectivity index is 1.41. The minimum atomic E-state index is 0.141. The Bertz CT molecular complexity index is 946. The Labute approximate surface area is 165 Å². The van der Waals surface area contributed by atoms with Gasteiger partial charge in [-0.05, 0) is 49.8 Å². The van der Waals surface area contributed by atoms with Gasteiger partial charge in [-0.3, -0.25) is 4.98 Å². The zero-order valence-corrected chi connectivity index (χ0v) is 15.8. The lowest BCUT2D eigenvalue weighted by atomic mass is 9.97. The van der Waals surface area contributed by atoms with Crippen LogP contribution in [-0.4, -0.2) is 27.6 Å². The lowest BCUT2D eigenvalue weighted by molar-refractivity contribution is 0.00973. The first-order valence-electron chi connectivity index (χ1n) is 10.1. The van der Waals surface area contributed by atoms with Crippen molar-refractivity contribution >= 4 is 5.82 Å². The Hall–Kier alpha value is -2.79. The zero-order chi connectivity index (χ0) is 18.8. The van der Waals surface area contributed by atoms with Crippen molar-refractivity contribution < 1.29 is 4.74 Å². The zero-order valence-electron chi connectivity index (χ0n) is 15.8. The smallest absolute Gasteiger partial charge is 0.161 e. The first-order chi connectivity index (χ1) is 13.9. The number of aryl methyl sites for hydroxylation is 1.